The van der Waals surface area contributed by atoms with Crippen molar-refractivity contribution >= 4 is 6.29 Å². The van der Waals surface area contributed by atoms with E-state index in [1.807, 2.05) is 0 Å². The zero-order chi connectivity index (χ0) is 10.6. The summed E-state index contributed by atoms with van der Waals surface area (Å²) in [7, 11) is 0. The third-order valence-electron chi connectivity index (χ3n) is 3.91. The van der Waals surface area contributed by atoms with Crippen LogP contribution in [-0.4, -0.2) is 18.0 Å². The summed E-state index contributed by atoms with van der Waals surface area (Å²) in [4.78, 5) is 10.9. The predicted octanol–water partition coefficient (Wildman–Crippen LogP) is 2.26. The van der Waals surface area contributed by atoms with Gasteiger partial charge in [0, 0.05) is 12.5 Å². The zero-order valence-electron chi connectivity index (χ0n) is 9.28. The minimum Gasteiger partial charge on any atom is -0.396 e. The Hall–Kier alpha value is -0.370. The topological polar surface area (TPSA) is 37.3 Å². The largest absolute Gasteiger partial charge is 0.396 e. The SMILES string of the molecule is CCC1CC(CO)C(CC)CC1C=O. The Kier molecular flexibility index (Phi) is 4.59. The van der Waals surface area contributed by atoms with Crippen LogP contribution in [0.15, 0.2) is 0 Å². The van der Waals surface area contributed by atoms with Gasteiger partial charge in [-0.15, -0.1) is 0 Å². The maximum absolute atomic E-state index is 10.9. The van der Waals surface area contributed by atoms with Gasteiger partial charge in [-0.05, 0) is 30.6 Å². The third-order valence-corrected chi connectivity index (χ3v) is 3.91. The summed E-state index contributed by atoms with van der Waals surface area (Å²) in [6, 6.07) is 0. The molecule has 1 saturated carbocycles. The maximum atomic E-state index is 10.9. The first-order valence-corrected chi connectivity index (χ1v) is 5.82. The number of aliphatic hydroxyl groups excluding tert-OH is 1. The second-order valence-corrected chi connectivity index (χ2v) is 4.55. The standard InChI is InChI=1S/C12H22O2/c1-3-9-5-12(8-14)10(4-2)6-11(9)7-13/h7,9-12,14H,3-6,8H2,1-2H3. The van der Waals surface area contributed by atoms with Gasteiger partial charge in [0.2, 0.25) is 0 Å². The van der Waals surface area contributed by atoms with Crippen molar-refractivity contribution in [3.05, 3.63) is 0 Å². The first-order valence-electron chi connectivity index (χ1n) is 5.82. The summed E-state index contributed by atoms with van der Waals surface area (Å²) in [6.45, 7) is 4.59. The maximum Gasteiger partial charge on any atom is 0.123 e. The first kappa shape index (κ1) is 11.7. The fraction of sp³-hybridized carbons (Fsp3) is 0.917. The molecule has 0 bridgehead atoms. The summed E-state index contributed by atoms with van der Waals surface area (Å²) in [5, 5.41) is 9.28. The monoisotopic (exact) mass is 198 g/mol. The predicted molar refractivity (Wildman–Crippen MR) is 56.9 cm³/mol. The molecule has 2 heteroatoms. The van der Waals surface area contributed by atoms with Crippen molar-refractivity contribution in [3.8, 4) is 0 Å². The van der Waals surface area contributed by atoms with Crippen LogP contribution in [0.5, 0.6) is 0 Å². The van der Waals surface area contributed by atoms with Gasteiger partial charge in [-0.1, -0.05) is 26.7 Å². The number of hydrogen-bond donors (Lipinski definition) is 1. The summed E-state index contributed by atoms with van der Waals surface area (Å²) < 4.78 is 0. The Bertz CT molecular complexity index is 179. The molecular weight excluding hydrogens is 176 g/mol. The van der Waals surface area contributed by atoms with Crippen LogP contribution in [0.25, 0.3) is 0 Å². The van der Waals surface area contributed by atoms with Gasteiger partial charge < -0.3 is 9.90 Å². The molecule has 1 N–H and O–H groups in total. The molecule has 0 radical (unpaired) electrons. The molecule has 4 atom stereocenters. The molecule has 0 amide bonds. The van der Waals surface area contributed by atoms with Crippen molar-refractivity contribution in [2.24, 2.45) is 23.7 Å². The van der Waals surface area contributed by atoms with Gasteiger partial charge >= 0.3 is 0 Å². The highest BCUT2D eigenvalue weighted by Crippen LogP contribution is 2.39. The van der Waals surface area contributed by atoms with E-state index in [0.717, 1.165) is 32.0 Å². The number of aldehydes is 1. The molecular formula is C12H22O2. The van der Waals surface area contributed by atoms with Crippen molar-refractivity contribution in [3.63, 3.8) is 0 Å². The quantitative estimate of drug-likeness (QED) is 0.703. The Morgan fingerprint density at radius 1 is 1.14 bits per heavy atom. The summed E-state index contributed by atoms with van der Waals surface area (Å²) in [5.41, 5.74) is 0. The number of rotatable bonds is 4. The highest BCUT2D eigenvalue weighted by atomic mass is 16.3. The molecule has 0 aromatic heterocycles. The Morgan fingerprint density at radius 2 is 1.79 bits per heavy atom. The lowest BCUT2D eigenvalue weighted by molar-refractivity contribution is -0.115. The summed E-state index contributed by atoms with van der Waals surface area (Å²) >= 11 is 0. The summed E-state index contributed by atoms with van der Waals surface area (Å²) in [6.07, 6.45) is 5.31. The van der Waals surface area contributed by atoms with Crippen LogP contribution in [0.3, 0.4) is 0 Å². The van der Waals surface area contributed by atoms with Crippen LogP contribution in [0.2, 0.25) is 0 Å². The second kappa shape index (κ2) is 5.50. The molecule has 0 spiro atoms. The van der Waals surface area contributed by atoms with Crippen LogP contribution >= 0.6 is 0 Å². The lowest BCUT2D eigenvalue weighted by Crippen LogP contribution is -2.34. The smallest absolute Gasteiger partial charge is 0.123 e. The van der Waals surface area contributed by atoms with Gasteiger partial charge in [-0.2, -0.15) is 0 Å². The normalized spacial score (nSPS) is 38.2. The molecule has 0 saturated heterocycles. The zero-order valence-corrected chi connectivity index (χ0v) is 9.28. The molecule has 1 aliphatic carbocycles. The number of carbonyl (C=O) groups excluding carboxylic acids is 1. The fourth-order valence-electron chi connectivity index (χ4n) is 2.85. The Balaban J connectivity index is 2.64. The van der Waals surface area contributed by atoms with Crippen molar-refractivity contribution in [1.29, 1.82) is 0 Å². The van der Waals surface area contributed by atoms with Gasteiger partial charge in [0.1, 0.15) is 6.29 Å². The van der Waals surface area contributed by atoms with Gasteiger partial charge in [-0.25, -0.2) is 0 Å². The van der Waals surface area contributed by atoms with Gasteiger partial charge in [0.15, 0.2) is 0 Å². The molecule has 14 heavy (non-hydrogen) atoms. The van der Waals surface area contributed by atoms with E-state index in [1.165, 1.54) is 0 Å². The van der Waals surface area contributed by atoms with Crippen LogP contribution in [-0.2, 0) is 4.79 Å². The Labute approximate surface area is 86.7 Å². The molecule has 82 valence electrons. The van der Waals surface area contributed by atoms with E-state index in [4.69, 9.17) is 0 Å². The number of carbonyl (C=O) groups is 1. The molecule has 0 aromatic carbocycles. The van der Waals surface area contributed by atoms with E-state index in [1.54, 1.807) is 0 Å². The van der Waals surface area contributed by atoms with Crippen LogP contribution in [0.4, 0.5) is 0 Å². The molecule has 1 rings (SSSR count). The molecule has 4 unspecified atom stereocenters. The minimum atomic E-state index is 0.243. The van der Waals surface area contributed by atoms with E-state index >= 15 is 0 Å². The molecule has 1 fully saturated rings. The second-order valence-electron chi connectivity index (χ2n) is 4.55. The Morgan fingerprint density at radius 3 is 2.21 bits per heavy atom. The molecule has 1 aliphatic rings. The third kappa shape index (κ3) is 2.35. The van der Waals surface area contributed by atoms with E-state index in [-0.39, 0.29) is 5.92 Å². The molecule has 0 aromatic rings. The lowest BCUT2D eigenvalue weighted by atomic mass is 9.67. The van der Waals surface area contributed by atoms with E-state index in [0.29, 0.717) is 24.4 Å². The fourth-order valence-corrected chi connectivity index (χ4v) is 2.85. The van der Waals surface area contributed by atoms with Gasteiger partial charge in [0.25, 0.3) is 0 Å². The van der Waals surface area contributed by atoms with E-state index in [9.17, 15) is 9.90 Å². The van der Waals surface area contributed by atoms with Crippen LogP contribution < -0.4 is 0 Å². The van der Waals surface area contributed by atoms with Crippen molar-refractivity contribution in [1.82, 2.24) is 0 Å². The average molecular weight is 198 g/mol. The minimum absolute atomic E-state index is 0.243. The van der Waals surface area contributed by atoms with E-state index in [2.05, 4.69) is 13.8 Å². The van der Waals surface area contributed by atoms with Crippen molar-refractivity contribution < 1.29 is 9.90 Å². The van der Waals surface area contributed by atoms with Gasteiger partial charge in [0.05, 0.1) is 0 Å². The highest BCUT2D eigenvalue weighted by molar-refractivity contribution is 5.54. The van der Waals surface area contributed by atoms with E-state index < -0.39 is 0 Å². The highest BCUT2D eigenvalue weighted by Gasteiger charge is 2.34. The molecule has 0 aliphatic heterocycles. The van der Waals surface area contributed by atoms with Crippen LogP contribution in [0.1, 0.15) is 39.5 Å². The van der Waals surface area contributed by atoms with Crippen molar-refractivity contribution in [2.45, 2.75) is 39.5 Å². The molecule has 0 heterocycles. The number of hydrogen-bond acceptors (Lipinski definition) is 2. The van der Waals surface area contributed by atoms with Crippen LogP contribution in [0, 0.1) is 23.7 Å². The number of aliphatic hydroxyl groups is 1. The van der Waals surface area contributed by atoms with Gasteiger partial charge in [-0.3, -0.25) is 0 Å². The van der Waals surface area contributed by atoms with Crippen molar-refractivity contribution in [2.75, 3.05) is 6.61 Å². The first-order chi connectivity index (χ1) is 6.76. The summed E-state index contributed by atoms with van der Waals surface area (Å²) in [5.74, 6) is 1.74. The lowest BCUT2D eigenvalue weighted by Gasteiger charge is -2.38. The average Bonchev–Trinajstić information content (AvgIpc) is 2.26. The molecule has 2 nitrogen and oxygen atoms in total.